The van der Waals surface area contributed by atoms with Crippen molar-refractivity contribution in [3.05, 3.63) is 125 Å². The van der Waals surface area contributed by atoms with E-state index in [4.69, 9.17) is 4.74 Å². The third kappa shape index (κ3) is 5.44. The number of anilines is 2. The molecule has 5 nitrogen and oxygen atoms in total. The first kappa shape index (κ1) is 24.4. The van der Waals surface area contributed by atoms with Gasteiger partial charge in [0.15, 0.2) is 0 Å². The second kappa shape index (κ2) is 10.8. The maximum absolute atomic E-state index is 13.6. The molecule has 6 heteroatoms. The number of ether oxygens (including phenoxy) is 1. The standard InChI is InChI=1S/C31H26N2O3S/c1-21(2)22-13-15-23(16-14-22)32-28-29(37-27-11-7-4-8-12-27)31(35)33(30(28)34)24-17-19-26(20-18-24)36-25-9-5-3-6-10-25/h3-21,32H,1-2H3. The zero-order chi connectivity index (χ0) is 25.8. The number of hydrogen-bond acceptors (Lipinski definition) is 5. The predicted molar refractivity (Wildman–Crippen MR) is 149 cm³/mol. The topological polar surface area (TPSA) is 58.6 Å². The van der Waals surface area contributed by atoms with Crippen LogP contribution in [-0.4, -0.2) is 11.8 Å². The van der Waals surface area contributed by atoms with Crippen LogP contribution in [0, 0.1) is 0 Å². The molecule has 1 aliphatic heterocycles. The zero-order valence-electron chi connectivity index (χ0n) is 20.5. The van der Waals surface area contributed by atoms with Gasteiger partial charge in [-0.2, -0.15) is 0 Å². The van der Waals surface area contributed by atoms with Gasteiger partial charge in [0.25, 0.3) is 11.8 Å². The van der Waals surface area contributed by atoms with Crippen LogP contribution in [0.5, 0.6) is 11.5 Å². The van der Waals surface area contributed by atoms with E-state index in [1.54, 1.807) is 24.3 Å². The van der Waals surface area contributed by atoms with Crippen molar-refractivity contribution in [1.29, 1.82) is 0 Å². The van der Waals surface area contributed by atoms with Crippen LogP contribution >= 0.6 is 11.8 Å². The molecule has 0 aromatic heterocycles. The first-order valence-corrected chi connectivity index (χ1v) is 12.9. The maximum Gasteiger partial charge on any atom is 0.283 e. The molecule has 1 heterocycles. The van der Waals surface area contributed by atoms with E-state index in [0.29, 0.717) is 28.0 Å². The van der Waals surface area contributed by atoms with E-state index in [1.165, 1.54) is 22.2 Å². The quantitative estimate of drug-likeness (QED) is 0.250. The predicted octanol–water partition coefficient (Wildman–Crippen LogP) is 7.59. The third-order valence-corrected chi connectivity index (χ3v) is 7.02. The number of rotatable bonds is 8. The Labute approximate surface area is 220 Å². The molecule has 0 saturated carbocycles. The molecule has 0 atom stereocenters. The molecule has 4 aromatic carbocycles. The second-order valence-corrected chi connectivity index (χ2v) is 9.96. The van der Waals surface area contributed by atoms with Gasteiger partial charge < -0.3 is 10.1 Å². The van der Waals surface area contributed by atoms with Crippen molar-refractivity contribution in [2.45, 2.75) is 24.7 Å². The molecule has 1 aliphatic rings. The summed E-state index contributed by atoms with van der Waals surface area (Å²) in [5.74, 6) is 0.965. The number of hydrogen-bond donors (Lipinski definition) is 1. The highest BCUT2D eigenvalue weighted by molar-refractivity contribution is 8.04. The summed E-state index contributed by atoms with van der Waals surface area (Å²) >= 11 is 1.28. The van der Waals surface area contributed by atoms with Gasteiger partial charge in [0.1, 0.15) is 22.1 Å². The minimum atomic E-state index is -0.395. The van der Waals surface area contributed by atoms with Crippen LogP contribution in [0.3, 0.4) is 0 Å². The molecule has 4 aromatic rings. The Morgan fingerprint density at radius 2 is 1.30 bits per heavy atom. The van der Waals surface area contributed by atoms with Crippen molar-refractivity contribution in [3.63, 3.8) is 0 Å². The highest BCUT2D eigenvalue weighted by Gasteiger charge is 2.40. The summed E-state index contributed by atoms with van der Waals surface area (Å²) in [5, 5.41) is 3.22. The molecule has 1 N–H and O–H groups in total. The van der Waals surface area contributed by atoms with Gasteiger partial charge in [0, 0.05) is 10.6 Å². The Morgan fingerprint density at radius 3 is 1.92 bits per heavy atom. The van der Waals surface area contributed by atoms with E-state index >= 15 is 0 Å². The fourth-order valence-electron chi connectivity index (χ4n) is 3.94. The molecular weight excluding hydrogens is 480 g/mol. The Kier molecular flexibility index (Phi) is 7.10. The van der Waals surface area contributed by atoms with E-state index in [1.807, 2.05) is 84.9 Å². The Balaban J connectivity index is 1.43. The van der Waals surface area contributed by atoms with Gasteiger partial charge in [-0.3, -0.25) is 9.59 Å². The Morgan fingerprint density at radius 1 is 0.703 bits per heavy atom. The van der Waals surface area contributed by atoms with Gasteiger partial charge in [0.05, 0.1) is 5.69 Å². The van der Waals surface area contributed by atoms with Gasteiger partial charge >= 0.3 is 0 Å². The molecule has 0 saturated heterocycles. The molecule has 184 valence electrons. The van der Waals surface area contributed by atoms with Gasteiger partial charge in [-0.15, -0.1) is 0 Å². The van der Waals surface area contributed by atoms with Crippen LogP contribution in [0.1, 0.15) is 25.3 Å². The molecule has 37 heavy (non-hydrogen) atoms. The number of nitrogens with one attached hydrogen (secondary N) is 1. The SMILES string of the molecule is CC(C)c1ccc(NC2=C(Sc3ccccc3)C(=O)N(c3ccc(Oc4ccccc4)cc3)C2=O)cc1. The van der Waals surface area contributed by atoms with E-state index in [9.17, 15) is 9.59 Å². The van der Waals surface area contributed by atoms with Crippen LogP contribution in [0.4, 0.5) is 11.4 Å². The van der Waals surface area contributed by atoms with Crippen molar-refractivity contribution in [1.82, 2.24) is 0 Å². The van der Waals surface area contributed by atoms with Crippen molar-refractivity contribution in [2.75, 3.05) is 10.2 Å². The number of benzene rings is 4. The highest BCUT2D eigenvalue weighted by Crippen LogP contribution is 2.38. The Hall–Kier alpha value is -4.29. The van der Waals surface area contributed by atoms with Crippen molar-refractivity contribution in [3.8, 4) is 11.5 Å². The van der Waals surface area contributed by atoms with Crippen LogP contribution in [0.2, 0.25) is 0 Å². The highest BCUT2D eigenvalue weighted by atomic mass is 32.2. The lowest BCUT2D eigenvalue weighted by molar-refractivity contribution is -0.120. The molecule has 0 spiro atoms. The van der Waals surface area contributed by atoms with Gasteiger partial charge in [-0.25, -0.2) is 4.90 Å². The number of amides is 2. The molecule has 0 fully saturated rings. The molecule has 0 radical (unpaired) electrons. The number of carbonyl (C=O) groups is 2. The first-order valence-electron chi connectivity index (χ1n) is 12.1. The van der Waals surface area contributed by atoms with Crippen molar-refractivity contribution < 1.29 is 14.3 Å². The average molecular weight is 507 g/mol. The lowest BCUT2D eigenvalue weighted by Gasteiger charge is -2.16. The van der Waals surface area contributed by atoms with E-state index in [0.717, 1.165) is 10.6 Å². The second-order valence-electron chi connectivity index (χ2n) is 8.88. The number of carbonyl (C=O) groups excluding carboxylic acids is 2. The van der Waals surface area contributed by atoms with Crippen LogP contribution in [0.15, 0.2) is 125 Å². The number of thioether (sulfide) groups is 1. The van der Waals surface area contributed by atoms with E-state index in [2.05, 4.69) is 19.2 Å². The van der Waals surface area contributed by atoms with Crippen LogP contribution < -0.4 is 15.0 Å². The van der Waals surface area contributed by atoms with Gasteiger partial charge in [0.2, 0.25) is 0 Å². The monoisotopic (exact) mass is 506 g/mol. The summed E-state index contributed by atoms with van der Waals surface area (Å²) < 4.78 is 5.86. The summed E-state index contributed by atoms with van der Waals surface area (Å²) in [7, 11) is 0. The normalized spacial score (nSPS) is 13.4. The lowest BCUT2D eigenvalue weighted by atomic mass is 10.0. The van der Waals surface area contributed by atoms with Crippen LogP contribution in [0.25, 0.3) is 0 Å². The molecule has 0 aliphatic carbocycles. The van der Waals surface area contributed by atoms with E-state index < -0.39 is 5.91 Å². The summed E-state index contributed by atoms with van der Waals surface area (Å²) in [6.07, 6.45) is 0. The minimum Gasteiger partial charge on any atom is -0.457 e. The lowest BCUT2D eigenvalue weighted by Crippen LogP contribution is -2.32. The van der Waals surface area contributed by atoms with Crippen molar-refractivity contribution >= 4 is 35.0 Å². The molecular formula is C31H26N2O3S. The molecule has 0 unspecified atom stereocenters. The van der Waals surface area contributed by atoms with Gasteiger partial charge in [-0.1, -0.05) is 74.1 Å². The smallest absolute Gasteiger partial charge is 0.283 e. The Bertz CT molecular complexity index is 1430. The molecule has 0 bridgehead atoms. The third-order valence-electron chi connectivity index (χ3n) is 5.92. The fourth-order valence-corrected chi connectivity index (χ4v) is 4.89. The molecule has 5 rings (SSSR count). The molecule has 2 amide bonds. The summed E-state index contributed by atoms with van der Waals surface area (Å²) in [5.41, 5.74) is 2.70. The number of imide groups is 1. The number of nitrogens with zero attached hydrogens (tertiary/aromatic N) is 1. The number of para-hydroxylation sites is 1. The van der Waals surface area contributed by atoms with E-state index in [-0.39, 0.29) is 11.6 Å². The largest absolute Gasteiger partial charge is 0.457 e. The van der Waals surface area contributed by atoms with Crippen molar-refractivity contribution in [2.24, 2.45) is 0 Å². The zero-order valence-corrected chi connectivity index (χ0v) is 21.4. The fraction of sp³-hybridized carbons (Fsp3) is 0.0968. The first-order chi connectivity index (χ1) is 18.0. The summed E-state index contributed by atoms with van der Waals surface area (Å²) in [4.78, 5) is 29.7. The average Bonchev–Trinajstić information content (AvgIpc) is 3.14. The maximum atomic E-state index is 13.6. The van der Waals surface area contributed by atoms with Crippen LogP contribution in [-0.2, 0) is 9.59 Å². The summed E-state index contributed by atoms with van der Waals surface area (Å²) in [6.45, 7) is 4.26. The minimum absolute atomic E-state index is 0.265. The van der Waals surface area contributed by atoms with Gasteiger partial charge in [-0.05, 0) is 72.1 Å². The summed E-state index contributed by atoms with van der Waals surface area (Å²) in [6, 6.07) is 33.9.